The number of aliphatic hydroxyl groups excluding tert-OH is 1. The predicted molar refractivity (Wildman–Crippen MR) is 70.1 cm³/mol. The molecule has 2 nitrogen and oxygen atoms in total. The second-order valence-corrected chi connectivity index (χ2v) is 4.30. The Morgan fingerprint density at radius 1 is 1.19 bits per heavy atom. The fourth-order valence-electron chi connectivity index (χ4n) is 1.92. The quantitative estimate of drug-likeness (QED) is 0.747. The van der Waals surface area contributed by atoms with Crippen LogP contribution in [0.25, 0.3) is 0 Å². The molecule has 1 aromatic carbocycles. The lowest BCUT2D eigenvalue weighted by Crippen LogP contribution is -2.25. The Balaban J connectivity index is 2.73. The number of hydrogen-bond acceptors (Lipinski definition) is 2. The van der Waals surface area contributed by atoms with Crippen molar-refractivity contribution in [1.29, 1.82) is 0 Å². The summed E-state index contributed by atoms with van der Waals surface area (Å²) in [4.78, 5) is 2.39. The van der Waals surface area contributed by atoms with Gasteiger partial charge in [-0.25, -0.2) is 0 Å². The molecule has 1 aromatic rings. The molecule has 0 saturated carbocycles. The van der Waals surface area contributed by atoms with Gasteiger partial charge < -0.3 is 10.0 Å². The normalized spacial score (nSPS) is 10.5. The Bertz CT molecular complexity index is 323. The van der Waals surface area contributed by atoms with Gasteiger partial charge in [-0.3, -0.25) is 0 Å². The average molecular weight is 221 g/mol. The van der Waals surface area contributed by atoms with E-state index in [1.54, 1.807) is 0 Å². The fourth-order valence-corrected chi connectivity index (χ4v) is 1.92. The number of rotatable bonds is 6. The molecular weight excluding hydrogens is 198 g/mol. The van der Waals surface area contributed by atoms with Gasteiger partial charge in [0.1, 0.15) is 0 Å². The highest BCUT2D eigenvalue weighted by Gasteiger charge is 2.06. The number of aliphatic hydroxyl groups is 1. The zero-order valence-corrected chi connectivity index (χ0v) is 10.7. The fraction of sp³-hybridized carbons (Fsp3) is 0.571. The highest BCUT2D eigenvalue weighted by atomic mass is 16.2. The van der Waals surface area contributed by atoms with Crippen LogP contribution in [0.2, 0.25) is 0 Å². The standard InChI is InChI=1S/C14H23NO/c1-4-15(9-5-6-10-16)14-11-12(2)7-8-13(14)3/h7-8,11,16H,4-6,9-10H2,1-3H3. The van der Waals surface area contributed by atoms with Gasteiger partial charge in [-0.1, -0.05) is 12.1 Å². The highest BCUT2D eigenvalue weighted by Crippen LogP contribution is 2.21. The van der Waals surface area contributed by atoms with E-state index >= 15 is 0 Å². The summed E-state index contributed by atoms with van der Waals surface area (Å²) in [6.07, 6.45) is 1.94. The summed E-state index contributed by atoms with van der Waals surface area (Å²) in [5.41, 5.74) is 3.97. The van der Waals surface area contributed by atoms with Crippen LogP contribution in [0.1, 0.15) is 30.9 Å². The van der Waals surface area contributed by atoms with Gasteiger partial charge in [0.2, 0.25) is 0 Å². The lowest BCUT2D eigenvalue weighted by molar-refractivity contribution is 0.285. The van der Waals surface area contributed by atoms with Crippen molar-refractivity contribution in [3.05, 3.63) is 29.3 Å². The summed E-state index contributed by atoms with van der Waals surface area (Å²) in [6, 6.07) is 6.58. The molecule has 0 amide bonds. The van der Waals surface area contributed by atoms with Gasteiger partial charge in [-0.2, -0.15) is 0 Å². The number of benzene rings is 1. The van der Waals surface area contributed by atoms with E-state index in [1.165, 1.54) is 16.8 Å². The van der Waals surface area contributed by atoms with Crippen LogP contribution in [-0.4, -0.2) is 24.8 Å². The van der Waals surface area contributed by atoms with Crippen molar-refractivity contribution in [2.24, 2.45) is 0 Å². The minimum absolute atomic E-state index is 0.296. The molecule has 90 valence electrons. The Labute approximate surface area is 98.9 Å². The summed E-state index contributed by atoms with van der Waals surface area (Å²) < 4.78 is 0. The smallest absolute Gasteiger partial charge is 0.0431 e. The summed E-state index contributed by atoms with van der Waals surface area (Å²) >= 11 is 0. The molecular formula is C14H23NO. The Hall–Kier alpha value is -1.02. The molecule has 0 fully saturated rings. The first kappa shape index (κ1) is 13.0. The second-order valence-electron chi connectivity index (χ2n) is 4.30. The maximum absolute atomic E-state index is 8.80. The van der Waals surface area contributed by atoms with Gasteiger partial charge >= 0.3 is 0 Å². The van der Waals surface area contributed by atoms with Gasteiger partial charge in [0.25, 0.3) is 0 Å². The van der Waals surface area contributed by atoms with Crippen molar-refractivity contribution >= 4 is 5.69 Å². The van der Waals surface area contributed by atoms with Crippen LogP contribution in [0.3, 0.4) is 0 Å². The lowest BCUT2D eigenvalue weighted by atomic mass is 10.1. The zero-order chi connectivity index (χ0) is 12.0. The molecule has 0 heterocycles. The van der Waals surface area contributed by atoms with Crippen LogP contribution in [0.4, 0.5) is 5.69 Å². The SMILES string of the molecule is CCN(CCCCO)c1cc(C)ccc1C. The molecule has 0 aliphatic rings. The van der Waals surface area contributed by atoms with Crippen molar-refractivity contribution in [3.63, 3.8) is 0 Å². The molecule has 1 rings (SSSR count). The second kappa shape index (κ2) is 6.54. The summed E-state index contributed by atoms with van der Waals surface area (Å²) in [5, 5.41) is 8.80. The Kier molecular flexibility index (Phi) is 5.33. The molecule has 0 aliphatic heterocycles. The first-order valence-corrected chi connectivity index (χ1v) is 6.12. The predicted octanol–water partition coefficient (Wildman–Crippen LogP) is 2.90. The van der Waals surface area contributed by atoms with Crippen LogP contribution in [0.15, 0.2) is 18.2 Å². The van der Waals surface area contributed by atoms with E-state index in [9.17, 15) is 0 Å². The zero-order valence-electron chi connectivity index (χ0n) is 10.7. The van der Waals surface area contributed by atoms with Crippen molar-refractivity contribution in [1.82, 2.24) is 0 Å². The van der Waals surface area contributed by atoms with Crippen LogP contribution in [-0.2, 0) is 0 Å². The van der Waals surface area contributed by atoms with Crippen molar-refractivity contribution in [2.75, 3.05) is 24.6 Å². The van der Waals surface area contributed by atoms with Crippen LogP contribution < -0.4 is 4.90 Å². The van der Waals surface area contributed by atoms with Crippen molar-refractivity contribution in [3.8, 4) is 0 Å². The number of aryl methyl sites for hydroxylation is 2. The molecule has 0 spiro atoms. The van der Waals surface area contributed by atoms with Crippen molar-refractivity contribution in [2.45, 2.75) is 33.6 Å². The van der Waals surface area contributed by atoms with Gasteiger partial charge in [0.15, 0.2) is 0 Å². The van der Waals surface area contributed by atoms with Crippen LogP contribution >= 0.6 is 0 Å². The molecule has 0 atom stereocenters. The third kappa shape index (κ3) is 3.53. The Morgan fingerprint density at radius 3 is 2.56 bits per heavy atom. The summed E-state index contributed by atoms with van der Waals surface area (Å²) in [5.74, 6) is 0. The average Bonchev–Trinajstić information content (AvgIpc) is 2.28. The van der Waals surface area contributed by atoms with Gasteiger partial charge in [0, 0.05) is 25.4 Å². The largest absolute Gasteiger partial charge is 0.396 e. The Morgan fingerprint density at radius 2 is 1.94 bits per heavy atom. The monoisotopic (exact) mass is 221 g/mol. The van der Waals surface area contributed by atoms with E-state index in [1.807, 2.05) is 0 Å². The molecule has 0 bridgehead atoms. The first-order chi connectivity index (χ1) is 7.69. The van der Waals surface area contributed by atoms with E-state index in [-0.39, 0.29) is 0 Å². The highest BCUT2D eigenvalue weighted by molar-refractivity contribution is 5.54. The van der Waals surface area contributed by atoms with E-state index < -0.39 is 0 Å². The van der Waals surface area contributed by atoms with Crippen LogP contribution in [0, 0.1) is 13.8 Å². The number of hydrogen-bond donors (Lipinski definition) is 1. The molecule has 0 unspecified atom stereocenters. The molecule has 0 aromatic heterocycles. The van der Waals surface area contributed by atoms with Gasteiger partial charge in [-0.05, 0) is 50.8 Å². The minimum atomic E-state index is 0.296. The molecule has 0 saturated heterocycles. The lowest BCUT2D eigenvalue weighted by Gasteiger charge is -2.25. The molecule has 0 radical (unpaired) electrons. The van der Waals surface area contributed by atoms with E-state index in [4.69, 9.17) is 5.11 Å². The number of anilines is 1. The third-order valence-electron chi connectivity index (χ3n) is 2.92. The maximum atomic E-state index is 8.80. The summed E-state index contributed by atoms with van der Waals surface area (Å²) in [7, 11) is 0. The van der Waals surface area contributed by atoms with Gasteiger partial charge in [0.05, 0.1) is 0 Å². The minimum Gasteiger partial charge on any atom is -0.396 e. The van der Waals surface area contributed by atoms with Crippen molar-refractivity contribution < 1.29 is 5.11 Å². The van der Waals surface area contributed by atoms with E-state index in [0.717, 1.165) is 25.9 Å². The van der Waals surface area contributed by atoms with E-state index in [2.05, 4.69) is 43.9 Å². The molecule has 1 N–H and O–H groups in total. The van der Waals surface area contributed by atoms with E-state index in [0.29, 0.717) is 6.61 Å². The third-order valence-corrected chi connectivity index (χ3v) is 2.92. The van der Waals surface area contributed by atoms with Crippen LogP contribution in [0.5, 0.6) is 0 Å². The maximum Gasteiger partial charge on any atom is 0.0431 e. The van der Waals surface area contributed by atoms with Gasteiger partial charge in [-0.15, -0.1) is 0 Å². The molecule has 0 aliphatic carbocycles. The molecule has 2 heteroatoms. The number of nitrogens with zero attached hydrogens (tertiary/aromatic N) is 1. The summed E-state index contributed by atoms with van der Waals surface area (Å²) in [6.45, 7) is 8.82. The number of unbranched alkanes of at least 4 members (excludes halogenated alkanes) is 1. The first-order valence-electron chi connectivity index (χ1n) is 6.12. The topological polar surface area (TPSA) is 23.5 Å². The molecule has 16 heavy (non-hydrogen) atoms.